The Morgan fingerprint density at radius 1 is 1.18 bits per heavy atom. The van der Waals surface area contributed by atoms with Crippen molar-refractivity contribution in [2.45, 2.75) is 32.4 Å². The molecule has 1 saturated heterocycles. The maximum absolute atomic E-state index is 2.48. The van der Waals surface area contributed by atoms with Crippen LogP contribution in [0.5, 0.6) is 0 Å². The quantitative estimate of drug-likeness (QED) is 0.559. The minimum atomic E-state index is 0.725. The summed E-state index contributed by atoms with van der Waals surface area (Å²) in [6.07, 6.45) is 1.27. The summed E-state index contributed by atoms with van der Waals surface area (Å²) in [6.45, 7) is 7.01. The van der Waals surface area contributed by atoms with E-state index in [1.165, 1.54) is 19.5 Å². The molecule has 11 heavy (non-hydrogen) atoms. The molecule has 1 fully saturated rings. The van der Waals surface area contributed by atoms with Crippen LogP contribution in [0.1, 0.15) is 20.3 Å². The van der Waals surface area contributed by atoms with E-state index in [-0.39, 0.29) is 0 Å². The minimum Gasteiger partial charge on any atom is -0.301 e. The molecule has 2 atom stereocenters. The van der Waals surface area contributed by atoms with E-state index in [2.05, 4.69) is 37.7 Å². The zero-order valence-corrected chi connectivity index (χ0v) is 8.17. The van der Waals surface area contributed by atoms with Crippen LogP contribution in [-0.4, -0.2) is 49.1 Å². The smallest absolute Gasteiger partial charge is 0.0218 e. The molecule has 66 valence electrons. The number of piperazine rings is 1. The van der Waals surface area contributed by atoms with Gasteiger partial charge in [-0.05, 0) is 27.4 Å². The van der Waals surface area contributed by atoms with E-state index in [1.54, 1.807) is 0 Å². The Morgan fingerprint density at radius 3 is 2.36 bits per heavy atom. The van der Waals surface area contributed by atoms with Gasteiger partial charge in [-0.1, -0.05) is 6.92 Å². The standard InChI is InChI=1S/C9H20N2/c1-5-9-7-10(3)8(2)6-11(9)4/h8-9H,5-7H2,1-4H3. The predicted octanol–water partition coefficient (Wildman–Crippen LogP) is 1.03. The molecule has 0 aliphatic carbocycles. The van der Waals surface area contributed by atoms with Crippen molar-refractivity contribution >= 4 is 0 Å². The van der Waals surface area contributed by atoms with E-state index < -0.39 is 0 Å². The number of likely N-dealkylation sites (N-methyl/N-ethyl adjacent to an activating group) is 2. The van der Waals surface area contributed by atoms with Crippen molar-refractivity contribution in [3.05, 3.63) is 0 Å². The fraction of sp³-hybridized carbons (Fsp3) is 1.00. The van der Waals surface area contributed by atoms with Gasteiger partial charge in [0.2, 0.25) is 0 Å². The summed E-state index contributed by atoms with van der Waals surface area (Å²) in [4.78, 5) is 4.93. The van der Waals surface area contributed by atoms with E-state index in [4.69, 9.17) is 0 Å². The van der Waals surface area contributed by atoms with Gasteiger partial charge in [0.15, 0.2) is 0 Å². The maximum atomic E-state index is 2.48. The van der Waals surface area contributed by atoms with Crippen LogP contribution in [0.3, 0.4) is 0 Å². The summed E-state index contributed by atoms with van der Waals surface area (Å²) in [6, 6.07) is 1.50. The zero-order valence-electron chi connectivity index (χ0n) is 8.17. The first-order valence-corrected chi connectivity index (χ1v) is 4.55. The normalized spacial score (nSPS) is 36.0. The predicted molar refractivity (Wildman–Crippen MR) is 48.8 cm³/mol. The van der Waals surface area contributed by atoms with E-state index in [9.17, 15) is 0 Å². The molecule has 0 amide bonds. The van der Waals surface area contributed by atoms with Crippen molar-refractivity contribution in [3.8, 4) is 0 Å². The fourth-order valence-electron chi connectivity index (χ4n) is 1.80. The lowest BCUT2D eigenvalue weighted by molar-refractivity contribution is 0.0696. The molecule has 2 heteroatoms. The molecule has 0 bridgehead atoms. The third-order valence-electron chi connectivity index (χ3n) is 2.90. The summed E-state index contributed by atoms with van der Waals surface area (Å²) < 4.78 is 0. The first-order chi connectivity index (χ1) is 5.15. The Labute approximate surface area is 70.2 Å². The molecule has 1 aliphatic heterocycles. The van der Waals surface area contributed by atoms with Gasteiger partial charge in [-0.25, -0.2) is 0 Å². The maximum Gasteiger partial charge on any atom is 0.0218 e. The Balaban J connectivity index is 2.48. The summed E-state index contributed by atoms with van der Waals surface area (Å²) in [5.74, 6) is 0. The second-order valence-electron chi connectivity index (χ2n) is 3.79. The lowest BCUT2D eigenvalue weighted by Crippen LogP contribution is -2.54. The first-order valence-electron chi connectivity index (χ1n) is 4.55. The topological polar surface area (TPSA) is 6.48 Å². The highest BCUT2D eigenvalue weighted by Gasteiger charge is 2.24. The van der Waals surface area contributed by atoms with Gasteiger partial charge in [-0.15, -0.1) is 0 Å². The minimum absolute atomic E-state index is 0.725. The van der Waals surface area contributed by atoms with Crippen molar-refractivity contribution in [2.24, 2.45) is 0 Å². The lowest BCUT2D eigenvalue weighted by atomic mass is 10.1. The number of nitrogens with zero attached hydrogens (tertiary/aromatic N) is 2. The van der Waals surface area contributed by atoms with E-state index in [0.29, 0.717) is 0 Å². The Bertz CT molecular complexity index is 125. The average Bonchev–Trinajstić information content (AvgIpc) is 1.97. The Hall–Kier alpha value is -0.0800. The highest BCUT2D eigenvalue weighted by Crippen LogP contribution is 2.13. The summed E-state index contributed by atoms with van der Waals surface area (Å²) >= 11 is 0. The number of hydrogen-bond donors (Lipinski definition) is 0. The number of rotatable bonds is 1. The molecular formula is C9H20N2. The Morgan fingerprint density at radius 2 is 1.82 bits per heavy atom. The molecule has 0 aromatic rings. The first kappa shape index (κ1) is 9.01. The van der Waals surface area contributed by atoms with Gasteiger partial charge in [0, 0.05) is 25.2 Å². The molecule has 1 rings (SSSR count). The highest BCUT2D eigenvalue weighted by atomic mass is 15.3. The molecule has 0 aromatic carbocycles. The molecule has 2 nitrogen and oxygen atoms in total. The summed E-state index contributed by atoms with van der Waals surface area (Å²) in [7, 11) is 4.46. The van der Waals surface area contributed by atoms with E-state index in [1.807, 2.05) is 0 Å². The van der Waals surface area contributed by atoms with Gasteiger partial charge in [0.05, 0.1) is 0 Å². The van der Waals surface area contributed by atoms with Crippen LogP contribution in [0.25, 0.3) is 0 Å². The van der Waals surface area contributed by atoms with Crippen LogP contribution < -0.4 is 0 Å². The van der Waals surface area contributed by atoms with Crippen LogP contribution in [0.4, 0.5) is 0 Å². The molecule has 0 N–H and O–H groups in total. The SMILES string of the molecule is CCC1CN(C)C(C)CN1C. The van der Waals surface area contributed by atoms with Crippen LogP contribution >= 0.6 is 0 Å². The number of hydrogen-bond acceptors (Lipinski definition) is 2. The average molecular weight is 156 g/mol. The second kappa shape index (κ2) is 3.55. The molecule has 2 unspecified atom stereocenters. The second-order valence-corrected chi connectivity index (χ2v) is 3.79. The molecule has 0 aromatic heterocycles. The van der Waals surface area contributed by atoms with Crippen LogP contribution in [0.2, 0.25) is 0 Å². The van der Waals surface area contributed by atoms with Crippen LogP contribution in [0.15, 0.2) is 0 Å². The van der Waals surface area contributed by atoms with Crippen molar-refractivity contribution < 1.29 is 0 Å². The fourth-order valence-corrected chi connectivity index (χ4v) is 1.80. The monoisotopic (exact) mass is 156 g/mol. The molecule has 0 spiro atoms. The van der Waals surface area contributed by atoms with Crippen LogP contribution in [0, 0.1) is 0 Å². The Kier molecular flexibility index (Phi) is 2.90. The van der Waals surface area contributed by atoms with Gasteiger partial charge in [-0.2, -0.15) is 0 Å². The van der Waals surface area contributed by atoms with E-state index in [0.717, 1.165) is 12.1 Å². The van der Waals surface area contributed by atoms with E-state index >= 15 is 0 Å². The van der Waals surface area contributed by atoms with Crippen molar-refractivity contribution in [2.75, 3.05) is 27.2 Å². The summed E-state index contributed by atoms with van der Waals surface area (Å²) in [5.41, 5.74) is 0. The van der Waals surface area contributed by atoms with Gasteiger partial charge in [-0.3, -0.25) is 0 Å². The summed E-state index contributed by atoms with van der Waals surface area (Å²) in [5, 5.41) is 0. The molecule has 1 aliphatic rings. The molecular weight excluding hydrogens is 136 g/mol. The molecule has 0 radical (unpaired) electrons. The zero-order chi connectivity index (χ0) is 8.43. The van der Waals surface area contributed by atoms with Crippen molar-refractivity contribution in [1.29, 1.82) is 0 Å². The van der Waals surface area contributed by atoms with Gasteiger partial charge in [0.1, 0.15) is 0 Å². The molecule has 0 saturated carbocycles. The largest absolute Gasteiger partial charge is 0.301 e. The van der Waals surface area contributed by atoms with Crippen molar-refractivity contribution in [3.63, 3.8) is 0 Å². The third kappa shape index (κ3) is 1.94. The van der Waals surface area contributed by atoms with Gasteiger partial charge < -0.3 is 9.80 Å². The molecule has 1 heterocycles. The van der Waals surface area contributed by atoms with Gasteiger partial charge >= 0.3 is 0 Å². The van der Waals surface area contributed by atoms with Gasteiger partial charge in [0.25, 0.3) is 0 Å². The van der Waals surface area contributed by atoms with Crippen molar-refractivity contribution in [1.82, 2.24) is 9.80 Å². The van der Waals surface area contributed by atoms with Crippen LogP contribution in [-0.2, 0) is 0 Å². The third-order valence-corrected chi connectivity index (χ3v) is 2.90. The lowest BCUT2D eigenvalue weighted by Gasteiger charge is -2.41. The highest BCUT2D eigenvalue weighted by molar-refractivity contribution is 4.82.